The topological polar surface area (TPSA) is 32.9 Å². The summed E-state index contributed by atoms with van der Waals surface area (Å²) in [5.41, 5.74) is 2.18. The van der Waals surface area contributed by atoms with E-state index in [1.165, 1.54) is 18.2 Å². The van der Waals surface area contributed by atoms with E-state index < -0.39 is 11.7 Å². The molecule has 0 aliphatic heterocycles. The number of rotatable bonds is 2. The molecule has 5 heteroatoms. The summed E-state index contributed by atoms with van der Waals surface area (Å²) >= 11 is 0. The van der Waals surface area contributed by atoms with Gasteiger partial charge in [-0.1, -0.05) is 24.3 Å². The van der Waals surface area contributed by atoms with Gasteiger partial charge in [-0.2, -0.15) is 13.2 Å². The van der Waals surface area contributed by atoms with E-state index in [1.807, 2.05) is 26.0 Å². The molecule has 0 aliphatic rings. The van der Waals surface area contributed by atoms with Crippen molar-refractivity contribution >= 4 is 17.2 Å². The third-order valence-corrected chi connectivity index (χ3v) is 3.90. The molecule has 2 nitrogen and oxygen atoms in total. The molecule has 3 aromatic rings. The molecule has 2 aromatic carbocycles. The molecule has 0 spiro atoms. The van der Waals surface area contributed by atoms with Crippen LogP contribution in [0.1, 0.15) is 27.0 Å². The first-order valence-corrected chi connectivity index (χ1v) is 7.07. The van der Waals surface area contributed by atoms with Gasteiger partial charge >= 0.3 is 6.18 Å². The minimum atomic E-state index is -4.49. The Morgan fingerprint density at radius 1 is 1.09 bits per heavy atom. The molecule has 0 saturated carbocycles. The zero-order valence-electron chi connectivity index (χ0n) is 12.6. The first kappa shape index (κ1) is 15.3. The van der Waals surface area contributed by atoms with Gasteiger partial charge in [0.15, 0.2) is 6.29 Å². The number of aromatic nitrogens is 1. The van der Waals surface area contributed by atoms with Crippen LogP contribution in [0.5, 0.6) is 0 Å². The highest BCUT2D eigenvalue weighted by atomic mass is 19.4. The lowest BCUT2D eigenvalue weighted by Crippen LogP contribution is -2.07. The lowest BCUT2D eigenvalue weighted by Gasteiger charge is -2.12. The van der Waals surface area contributed by atoms with Crippen molar-refractivity contribution in [1.29, 1.82) is 0 Å². The van der Waals surface area contributed by atoms with Crippen molar-refractivity contribution in [3.63, 3.8) is 0 Å². The second-order valence-electron chi connectivity index (χ2n) is 5.58. The van der Waals surface area contributed by atoms with Gasteiger partial charge in [0, 0.05) is 22.0 Å². The van der Waals surface area contributed by atoms with Crippen molar-refractivity contribution < 1.29 is 18.0 Å². The average Bonchev–Trinajstić information content (AvgIpc) is 2.84. The van der Waals surface area contributed by atoms with Crippen LogP contribution < -0.4 is 0 Å². The highest BCUT2D eigenvalue weighted by molar-refractivity contribution is 6.06. The number of hydrogen-bond donors (Lipinski definition) is 1. The molecular formula is C18H14F3NO. The van der Waals surface area contributed by atoms with Crippen LogP contribution in [-0.2, 0) is 6.18 Å². The fourth-order valence-corrected chi connectivity index (χ4v) is 3.03. The number of H-pyrrole nitrogens is 1. The number of aldehydes is 1. The third kappa shape index (κ3) is 2.52. The van der Waals surface area contributed by atoms with Gasteiger partial charge in [0.25, 0.3) is 0 Å². The second-order valence-corrected chi connectivity index (χ2v) is 5.58. The zero-order valence-corrected chi connectivity index (χ0v) is 12.6. The van der Waals surface area contributed by atoms with Crippen LogP contribution in [0.4, 0.5) is 13.2 Å². The molecule has 0 amide bonds. The van der Waals surface area contributed by atoms with E-state index >= 15 is 0 Å². The minimum absolute atomic E-state index is 0.0182. The Kier molecular flexibility index (Phi) is 3.51. The summed E-state index contributed by atoms with van der Waals surface area (Å²) in [4.78, 5) is 14.6. The van der Waals surface area contributed by atoms with Crippen LogP contribution in [-0.4, -0.2) is 11.3 Å². The van der Waals surface area contributed by atoms with Crippen molar-refractivity contribution in [2.24, 2.45) is 0 Å². The molecule has 23 heavy (non-hydrogen) atoms. The largest absolute Gasteiger partial charge is 0.417 e. The van der Waals surface area contributed by atoms with Crippen molar-refractivity contribution in [2.45, 2.75) is 20.0 Å². The quantitative estimate of drug-likeness (QED) is 0.641. The fraction of sp³-hybridized carbons (Fsp3) is 0.167. The van der Waals surface area contributed by atoms with Gasteiger partial charge in [-0.05, 0) is 37.1 Å². The summed E-state index contributed by atoms with van der Waals surface area (Å²) in [6, 6.07) is 9.00. The lowest BCUT2D eigenvalue weighted by molar-refractivity contribution is -0.137. The maximum absolute atomic E-state index is 13.3. The molecule has 0 bridgehead atoms. The lowest BCUT2D eigenvalue weighted by atomic mass is 9.98. The van der Waals surface area contributed by atoms with Crippen molar-refractivity contribution in [2.75, 3.05) is 0 Å². The van der Waals surface area contributed by atoms with Gasteiger partial charge in [-0.25, -0.2) is 0 Å². The molecule has 1 N–H and O–H groups in total. The predicted octanol–water partition coefficient (Wildman–Crippen LogP) is 5.28. The molecule has 0 saturated heterocycles. The number of aromatic amines is 1. The predicted molar refractivity (Wildman–Crippen MR) is 83.6 cm³/mol. The van der Waals surface area contributed by atoms with Crippen molar-refractivity contribution in [1.82, 2.24) is 4.98 Å². The van der Waals surface area contributed by atoms with Crippen LogP contribution in [0.3, 0.4) is 0 Å². The van der Waals surface area contributed by atoms with E-state index in [-0.39, 0.29) is 16.8 Å². The highest BCUT2D eigenvalue weighted by Gasteiger charge is 2.34. The number of nitrogens with one attached hydrogen (secondary N) is 1. The van der Waals surface area contributed by atoms with Gasteiger partial charge < -0.3 is 4.98 Å². The molecular weight excluding hydrogens is 303 g/mol. The molecule has 0 atom stereocenters. The molecule has 0 aliphatic carbocycles. The molecule has 1 aromatic heterocycles. The number of carbonyl (C=O) groups excluding carboxylic acids is 1. The van der Waals surface area contributed by atoms with Crippen molar-refractivity contribution in [3.8, 4) is 11.3 Å². The summed E-state index contributed by atoms with van der Waals surface area (Å²) in [7, 11) is 0. The third-order valence-electron chi connectivity index (χ3n) is 3.90. The fourth-order valence-electron chi connectivity index (χ4n) is 3.03. The van der Waals surface area contributed by atoms with E-state index in [2.05, 4.69) is 4.98 Å². The van der Waals surface area contributed by atoms with Crippen LogP contribution in [0.2, 0.25) is 0 Å². The first-order chi connectivity index (χ1) is 10.8. The molecule has 0 unspecified atom stereocenters. The molecule has 0 radical (unpaired) electrons. The Bertz CT molecular complexity index is 907. The summed E-state index contributed by atoms with van der Waals surface area (Å²) in [5, 5.41) is 0.664. The van der Waals surface area contributed by atoms with Crippen molar-refractivity contribution in [3.05, 3.63) is 58.7 Å². The smallest absolute Gasteiger partial charge is 0.354 e. The molecule has 0 fully saturated rings. The number of fused-ring (bicyclic) bond motifs is 1. The first-order valence-electron chi connectivity index (χ1n) is 7.07. The Labute approximate surface area is 130 Å². The average molecular weight is 317 g/mol. The Morgan fingerprint density at radius 2 is 1.78 bits per heavy atom. The van der Waals surface area contributed by atoms with Crippen LogP contribution in [0, 0.1) is 13.8 Å². The SMILES string of the molecule is Cc1cc(C)c2c(C=O)c(-c3ccccc3C(F)(F)F)[nH]c2c1. The summed E-state index contributed by atoms with van der Waals surface area (Å²) in [5.74, 6) is 0. The van der Waals surface area contributed by atoms with E-state index in [0.717, 1.165) is 17.2 Å². The van der Waals surface area contributed by atoms with Gasteiger partial charge in [-0.3, -0.25) is 4.79 Å². The molecule has 118 valence electrons. The van der Waals surface area contributed by atoms with E-state index in [9.17, 15) is 18.0 Å². The summed E-state index contributed by atoms with van der Waals surface area (Å²) in [6.07, 6.45) is -3.87. The number of aryl methyl sites for hydroxylation is 2. The monoisotopic (exact) mass is 317 g/mol. The van der Waals surface area contributed by atoms with Crippen LogP contribution >= 0.6 is 0 Å². The summed E-state index contributed by atoms with van der Waals surface area (Å²) < 4.78 is 39.8. The molecule has 3 rings (SSSR count). The second kappa shape index (κ2) is 5.26. The number of halogens is 3. The Morgan fingerprint density at radius 3 is 2.43 bits per heavy atom. The standard InChI is InChI=1S/C18H14F3NO/c1-10-7-11(2)16-13(9-23)17(22-15(16)8-10)12-5-3-4-6-14(12)18(19,20)21/h3-9,22H,1-2H3. The highest BCUT2D eigenvalue weighted by Crippen LogP contribution is 2.39. The normalized spacial score (nSPS) is 11.9. The number of alkyl halides is 3. The van der Waals surface area contributed by atoms with E-state index in [4.69, 9.17) is 0 Å². The van der Waals surface area contributed by atoms with Gasteiger partial charge in [0.1, 0.15) is 0 Å². The Hall–Kier alpha value is -2.56. The van der Waals surface area contributed by atoms with Gasteiger partial charge in [-0.15, -0.1) is 0 Å². The molecule has 1 heterocycles. The van der Waals surface area contributed by atoms with E-state index in [0.29, 0.717) is 17.2 Å². The minimum Gasteiger partial charge on any atom is -0.354 e. The number of carbonyl (C=O) groups is 1. The summed E-state index contributed by atoms with van der Waals surface area (Å²) in [6.45, 7) is 3.74. The Balaban J connectivity index is 2.39. The van der Waals surface area contributed by atoms with E-state index in [1.54, 1.807) is 0 Å². The van der Waals surface area contributed by atoms with Crippen LogP contribution in [0.15, 0.2) is 36.4 Å². The maximum Gasteiger partial charge on any atom is 0.417 e. The van der Waals surface area contributed by atoms with Gasteiger partial charge in [0.2, 0.25) is 0 Å². The van der Waals surface area contributed by atoms with Gasteiger partial charge in [0.05, 0.1) is 11.3 Å². The maximum atomic E-state index is 13.3. The number of hydrogen-bond acceptors (Lipinski definition) is 1. The zero-order chi connectivity index (χ0) is 16.8. The number of benzene rings is 2. The van der Waals surface area contributed by atoms with Crippen LogP contribution in [0.25, 0.3) is 22.2 Å².